The second-order valence-electron chi connectivity index (χ2n) is 14.4. The van der Waals surface area contributed by atoms with Gasteiger partial charge in [0.1, 0.15) is 0 Å². The number of ether oxygens (including phenoxy) is 1. The first-order valence-electron chi connectivity index (χ1n) is 18.6. The van der Waals surface area contributed by atoms with Crippen LogP contribution in [0.5, 0.6) is 0 Å². The highest BCUT2D eigenvalue weighted by atomic mass is 16.5. The molecular weight excluding hydrogens is 731 g/mol. The average Bonchev–Trinajstić information content (AvgIpc) is 3.96. The van der Waals surface area contributed by atoms with Gasteiger partial charge in [-0.2, -0.15) is 10.2 Å². The number of nitrogens with zero attached hydrogens (tertiary/aromatic N) is 6. The zero-order chi connectivity index (χ0) is 40.5. The van der Waals surface area contributed by atoms with Gasteiger partial charge in [0, 0.05) is 64.2 Å². The third kappa shape index (κ3) is 7.52. The van der Waals surface area contributed by atoms with Gasteiger partial charge in [-0.25, -0.2) is 14.2 Å². The highest BCUT2D eigenvalue weighted by Crippen LogP contribution is 2.31. The van der Waals surface area contributed by atoms with Crippen LogP contribution in [-0.4, -0.2) is 122 Å². The van der Waals surface area contributed by atoms with E-state index in [1.54, 1.807) is 35.6 Å². The predicted octanol–water partition coefficient (Wildman–Crippen LogP) is 1.24. The maximum atomic E-state index is 12.1. The van der Waals surface area contributed by atoms with E-state index >= 15 is 0 Å². The van der Waals surface area contributed by atoms with Gasteiger partial charge >= 0.3 is 5.97 Å². The lowest BCUT2D eigenvalue weighted by atomic mass is 10.0. The quantitative estimate of drug-likeness (QED) is 0.147. The Hall–Kier alpha value is -6.62. The summed E-state index contributed by atoms with van der Waals surface area (Å²) in [5.74, 6) is 9.43. The highest BCUT2D eigenvalue weighted by Gasteiger charge is 2.43. The number of primary amides is 1. The molecule has 16 nitrogen and oxygen atoms in total. The number of amides is 3. The van der Waals surface area contributed by atoms with Crippen molar-refractivity contribution in [3.8, 4) is 35.1 Å². The number of likely N-dealkylation sites (N-methyl/N-ethyl adjacent to an activating group) is 2. The van der Waals surface area contributed by atoms with Crippen LogP contribution in [0.3, 0.4) is 0 Å². The van der Waals surface area contributed by atoms with Gasteiger partial charge in [-0.05, 0) is 62.1 Å². The first-order valence-corrected chi connectivity index (χ1v) is 18.6. The van der Waals surface area contributed by atoms with E-state index in [1.807, 2.05) is 36.4 Å². The Morgan fingerprint density at radius 3 is 1.65 bits per heavy atom. The molecule has 0 aliphatic carbocycles. The van der Waals surface area contributed by atoms with E-state index < -0.39 is 23.1 Å². The van der Waals surface area contributed by atoms with Crippen molar-refractivity contribution in [2.45, 2.75) is 49.7 Å². The minimum Gasteiger partial charge on any atom is -0.464 e. The summed E-state index contributed by atoms with van der Waals surface area (Å²) in [6, 6.07) is 14.6. The number of hydrogen-bond donors (Lipinski definition) is 5. The lowest BCUT2D eigenvalue weighted by molar-refractivity contribution is -0.138. The molecule has 0 spiro atoms. The maximum absolute atomic E-state index is 12.1. The van der Waals surface area contributed by atoms with E-state index in [4.69, 9.17) is 10.5 Å². The van der Waals surface area contributed by atoms with Gasteiger partial charge in [0.2, 0.25) is 11.2 Å². The molecule has 6 heterocycles. The summed E-state index contributed by atoms with van der Waals surface area (Å²) in [4.78, 5) is 51.0. The van der Waals surface area contributed by atoms with E-state index in [1.165, 1.54) is 16.9 Å². The Morgan fingerprint density at radius 1 is 0.772 bits per heavy atom. The number of esters is 1. The van der Waals surface area contributed by atoms with Crippen LogP contribution in [0, 0.1) is 23.7 Å². The first kappa shape index (κ1) is 38.6. The summed E-state index contributed by atoms with van der Waals surface area (Å²) in [5.41, 5.74) is 8.64. The number of nitrogens with two attached hydrogens (primary N) is 1. The van der Waals surface area contributed by atoms with Crippen molar-refractivity contribution in [3.05, 3.63) is 82.4 Å². The zero-order valence-corrected chi connectivity index (χ0v) is 31.9. The Bertz CT molecular complexity index is 2410. The third-order valence-corrected chi connectivity index (χ3v) is 10.4. The number of hydrogen-bond acceptors (Lipinski definition) is 11. The average molecular weight is 774 g/mol. The zero-order valence-electron chi connectivity index (χ0n) is 31.9. The number of methoxy groups -OCH3 is 1. The summed E-state index contributed by atoms with van der Waals surface area (Å²) in [6.07, 6.45) is 3.99. The number of fused-ring (bicyclic) bond motifs is 2. The molecule has 2 aromatic heterocycles. The van der Waals surface area contributed by atoms with E-state index in [0.29, 0.717) is 35.6 Å². The minimum absolute atomic E-state index is 0.222. The largest absolute Gasteiger partial charge is 0.464 e. The number of aromatic nitrogens is 4. The summed E-state index contributed by atoms with van der Waals surface area (Å²) >= 11 is 0. The van der Waals surface area contributed by atoms with Crippen LogP contribution in [-0.2, 0) is 27.2 Å². The molecule has 4 aromatic rings. The number of aliphatic hydroxyl groups is 2. The van der Waals surface area contributed by atoms with Crippen LogP contribution in [0.15, 0.2) is 48.5 Å². The van der Waals surface area contributed by atoms with Crippen LogP contribution < -0.4 is 16.4 Å². The fraction of sp³-hybridized carbons (Fsp3) is 0.366. The van der Waals surface area contributed by atoms with Crippen molar-refractivity contribution in [3.63, 3.8) is 0 Å². The molecule has 0 saturated carbocycles. The van der Waals surface area contributed by atoms with Gasteiger partial charge in [-0.1, -0.05) is 35.8 Å². The van der Waals surface area contributed by atoms with Crippen molar-refractivity contribution in [1.29, 1.82) is 0 Å². The highest BCUT2D eigenvalue weighted by molar-refractivity contribution is 5.97. The molecule has 6 N–H and O–H groups in total. The second kappa shape index (κ2) is 15.5. The standard InChI is InChI=1S/C21H22N4O4.C20H21N5O3/c1-24-12-10-21(28,20(24)27)9-8-14-5-3-6-15(13-14)25-16-7-4-11-22-17(16)18(23-25)19(26)29-2;1-24-11-9-20(28,19(24)27)8-7-13-4-2-5-14(12-13)25-15-6-3-10-22-16(15)17(23-25)18(21)26/h3,5-6,13,22,28H,4,7,10-12H2,1-2H3;2,4-5,12,22,28H,3,6,9-11H2,1H3,(H2,21,26)/t21-;20-/m00/s1. The van der Waals surface area contributed by atoms with Crippen LogP contribution in [0.2, 0.25) is 0 Å². The SMILES string of the molecule is CN1CC[C@@](O)(C#Cc2cccc(-n3nc(C(N)=O)c4c3CCCN4)c2)C1=O.COC(=O)c1nn(-c2cccc(C#C[C@]3(O)CCN(C)C3=O)c2)c2c1NCCC2. The van der Waals surface area contributed by atoms with Crippen LogP contribution in [0.4, 0.5) is 11.4 Å². The third-order valence-electron chi connectivity index (χ3n) is 10.4. The number of carbonyl (C=O) groups excluding carboxylic acids is 4. The Kier molecular flexibility index (Phi) is 10.5. The molecule has 57 heavy (non-hydrogen) atoms. The first-order chi connectivity index (χ1) is 27.3. The van der Waals surface area contributed by atoms with E-state index in [0.717, 1.165) is 61.5 Å². The van der Waals surface area contributed by atoms with Crippen molar-refractivity contribution < 1.29 is 34.1 Å². The molecule has 2 fully saturated rings. The summed E-state index contributed by atoms with van der Waals surface area (Å²) < 4.78 is 8.29. The number of nitrogens with one attached hydrogen (secondary N) is 2. The smallest absolute Gasteiger partial charge is 0.360 e. The molecule has 4 aliphatic rings. The van der Waals surface area contributed by atoms with Gasteiger partial charge in [-0.3, -0.25) is 14.4 Å². The van der Waals surface area contributed by atoms with Gasteiger partial charge in [0.25, 0.3) is 17.7 Å². The molecule has 294 valence electrons. The summed E-state index contributed by atoms with van der Waals surface area (Å²) in [5, 5.41) is 36.3. The normalized spacial score (nSPS) is 20.7. The molecule has 0 unspecified atom stereocenters. The van der Waals surface area contributed by atoms with E-state index in [-0.39, 0.29) is 36.0 Å². The fourth-order valence-electron chi connectivity index (χ4n) is 7.24. The molecule has 2 aromatic carbocycles. The fourth-order valence-corrected chi connectivity index (χ4v) is 7.24. The molecular formula is C41H43N9O7. The summed E-state index contributed by atoms with van der Waals surface area (Å²) in [7, 11) is 4.63. The molecule has 3 amide bonds. The lowest BCUT2D eigenvalue weighted by Crippen LogP contribution is -2.37. The number of carbonyl (C=O) groups is 4. The molecule has 0 radical (unpaired) electrons. The predicted molar refractivity (Wildman–Crippen MR) is 209 cm³/mol. The summed E-state index contributed by atoms with van der Waals surface area (Å²) in [6.45, 7) is 2.50. The van der Waals surface area contributed by atoms with Crippen molar-refractivity contribution >= 4 is 35.1 Å². The van der Waals surface area contributed by atoms with Crippen molar-refractivity contribution in [2.24, 2.45) is 5.73 Å². The molecule has 4 aliphatic heterocycles. The number of likely N-dealkylation sites (tertiary alicyclic amines) is 2. The monoisotopic (exact) mass is 773 g/mol. The minimum atomic E-state index is -1.64. The number of rotatable bonds is 4. The maximum Gasteiger partial charge on any atom is 0.360 e. The Morgan fingerprint density at radius 2 is 1.23 bits per heavy atom. The van der Waals surface area contributed by atoms with Crippen molar-refractivity contribution in [2.75, 3.05) is 58.0 Å². The Labute approximate surface area is 328 Å². The van der Waals surface area contributed by atoms with Crippen LogP contribution >= 0.6 is 0 Å². The van der Waals surface area contributed by atoms with Gasteiger partial charge in [0.05, 0.1) is 41.2 Å². The molecule has 2 atom stereocenters. The topological polar surface area (TPSA) is 210 Å². The van der Waals surface area contributed by atoms with Crippen LogP contribution in [0.1, 0.15) is 69.2 Å². The van der Waals surface area contributed by atoms with Crippen molar-refractivity contribution in [1.82, 2.24) is 29.4 Å². The van der Waals surface area contributed by atoms with Crippen LogP contribution in [0.25, 0.3) is 11.4 Å². The number of anilines is 2. The van der Waals surface area contributed by atoms with E-state index in [2.05, 4.69) is 44.5 Å². The number of benzene rings is 2. The van der Waals surface area contributed by atoms with Gasteiger partial charge in [-0.15, -0.1) is 0 Å². The molecule has 16 heteroatoms. The van der Waals surface area contributed by atoms with Gasteiger partial charge < -0.3 is 41.1 Å². The van der Waals surface area contributed by atoms with Gasteiger partial charge in [0.15, 0.2) is 11.4 Å². The lowest BCUT2D eigenvalue weighted by Gasteiger charge is -2.16. The molecule has 0 bridgehead atoms. The Balaban J connectivity index is 0.000000174. The molecule has 8 rings (SSSR count). The van der Waals surface area contributed by atoms with E-state index in [9.17, 15) is 29.4 Å². The molecule has 2 saturated heterocycles. The second-order valence-corrected chi connectivity index (χ2v) is 14.4.